The maximum Gasteiger partial charge on any atom is 0.251 e. The molecule has 1 aliphatic heterocycles. The predicted molar refractivity (Wildman–Crippen MR) is 40.9 cm³/mol. The van der Waals surface area contributed by atoms with Gasteiger partial charge in [0.2, 0.25) is 0 Å². The molecule has 0 aromatic rings. The lowest BCUT2D eigenvalue weighted by atomic mass is 10.2. The van der Waals surface area contributed by atoms with Crippen LogP contribution in [0.1, 0.15) is 6.42 Å². The van der Waals surface area contributed by atoms with Gasteiger partial charge < -0.3 is 5.32 Å². The second-order valence-corrected chi connectivity index (χ2v) is 2.30. The molecule has 0 aliphatic carbocycles. The number of halogens is 2. The monoisotopic (exact) mass is 183 g/mol. The van der Waals surface area contributed by atoms with Crippen LogP contribution in [0.3, 0.4) is 0 Å². The van der Waals surface area contributed by atoms with Crippen LogP contribution in [-0.4, -0.2) is 24.7 Å². The summed E-state index contributed by atoms with van der Waals surface area (Å²) in [6.45, 7) is 0.248. The minimum Gasteiger partial charge on any atom is -0.303 e. The van der Waals surface area contributed by atoms with Gasteiger partial charge in [0.1, 0.15) is 6.17 Å². The molecule has 0 saturated carbocycles. The van der Waals surface area contributed by atoms with Crippen molar-refractivity contribution in [3.8, 4) is 0 Å². The van der Waals surface area contributed by atoms with Crippen molar-refractivity contribution < 1.29 is 9.18 Å². The smallest absolute Gasteiger partial charge is 0.251 e. The number of nitrogens with two attached hydrogens (primary N) is 1. The van der Waals surface area contributed by atoms with Crippen molar-refractivity contribution in [3.05, 3.63) is 0 Å². The first-order valence-corrected chi connectivity index (χ1v) is 3.12. The maximum atomic E-state index is 12.4. The summed E-state index contributed by atoms with van der Waals surface area (Å²) in [5.41, 5.74) is 1.96. The molecule has 2 atom stereocenters. The second-order valence-electron chi connectivity index (χ2n) is 2.30. The summed E-state index contributed by atoms with van der Waals surface area (Å²) in [5, 5.41) is 2.69. The minimum atomic E-state index is -0.915. The van der Waals surface area contributed by atoms with E-state index in [1.807, 2.05) is 5.43 Å². The number of carbonyl (C=O) groups excluding carboxylic acids is 1. The first kappa shape index (κ1) is 10.6. The highest BCUT2D eigenvalue weighted by molar-refractivity contribution is 5.85. The van der Waals surface area contributed by atoms with Crippen LogP contribution < -0.4 is 16.6 Å². The molecule has 66 valence electrons. The summed E-state index contributed by atoms with van der Waals surface area (Å²) in [5.74, 6) is 4.49. The van der Waals surface area contributed by atoms with Gasteiger partial charge in [0, 0.05) is 13.0 Å². The van der Waals surface area contributed by atoms with Gasteiger partial charge in [-0.1, -0.05) is 0 Å². The number of amides is 1. The molecule has 1 aliphatic rings. The fraction of sp³-hybridized carbons (Fsp3) is 0.800. The molecule has 1 fully saturated rings. The fourth-order valence-corrected chi connectivity index (χ4v) is 0.993. The van der Waals surface area contributed by atoms with E-state index < -0.39 is 12.2 Å². The lowest BCUT2D eigenvalue weighted by molar-refractivity contribution is -0.122. The normalized spacial score (nSPS) is 29.3. The molecule has 0 spiro atoms. The summed E-state index contributed by atoms with van der Waals surface area (Å²) < 4.78 is 12.4. The third-order valence-electron chi connectivity index (χ3n) is 1.54. The Labute approximate surface area is 70.1 Å². The van der Waals surface area contributed by atoms with Crippen LogP contribution in [-0.2, 0) is 4.79 Å². The molecule has 4 N–H and O–H groups in total. The van der Waals surface area contributed by atoms with Gasteiger partial charge in [-0.3, -0.25) is 10.2 Å². The quantitative estimate of drug-likeness (QED) is 0.280. The van der Waals surface area contributed by atoms with Crippen LogP contribution in [0.15, 0.2) is 0 Å². The standard InChI is InChI=1S/C5H10FN3O.ClH/c6-3-1-4(8-2-3)5(10)9-7;/h3-4,8H,1-2,7H2,(H,9,10);1H/t3-,4+;/m0./s1. The molecule has 1 heterocycles. The second kappa shape index (κ2) is 4.48. The van der Waals surface area contributed by atoms with Gasteiger partial charge in [0.05, 0.1) is 6.04 Å². The highest BCUT2D eigenvalue weighted by atomic mass is 35.5. The summed E-state index contributed by atoms with van der Waals surface area (Å²) in [6.07, 6.45) is -0.689. The van der Waals surface area contributed by atoms with Crippen LogP contribution in [0, 0.1) is 0 Å². The van der Waals surface area contributed by atoms with Gasteiger partial charge in [-0.2, -0.15) is 0 Å². The number of alkyl halides is 1. The molecular weight excluding hydrogens is 173 g/mol. The van der Waals surface area contributed by atoms with E-state index in [-0.39, 0.29) is 31.3 Å². The van der Waals surface area contributed by atoms with E-state index in [4.69, 9.17) is 5.84 Å². The molecular formula is C5H11ClFN3O. The van der Waals surface area contributed by atoms with Crippen molar-refractivity contribution in [2.45, 2.75) is 18.6 Å². The first-order valence-electron chi connectivity index (χ1n) is 3.12. The van der Waals surface area contributed by atoms with Crippen molar-refractivity contribution in [3.63, 3.8) is 0 Å². The van der Waals surface area contributed by atoms with Gasteiger partial charge in [-0.05, 0) is 0 Å². The molecule has 0 radical (unpaired) electrons. The van der Waals surface area contributed by atoms with E-state index in [0.717, 1.165) is 0 Å². The third-order valence-corrected chi connectivity index (χ3v) is 1.54. The minimum absolute atomic E-state index is 0. The van der Waals surface area contributed by atoms with Gasteiger partial charge in [-0.15, -0.1) is 12.4 Å². The van der Waals surface area contributed by atoms with E-state index in [1.165, 1.54) is 0 Å². The van der Waals surface area contributed by atoms with Gasteiger partial charge in [-0.25, -0.2) is 10.2 Å². The molecule has 0 bridgehead atoms. The average molecular weight is 184 g/mol. The fourth-order valence-electron chi connectivity index (χ4n) is 0.993. The Morgan fingerprint density at radius 2 is 2.36 bits per heavy atom. The van der Waals surface area contributed by atoms with E-state index in [2.05, 4.69) is 5.32 Å². The molecule has 4 nitrogen and oxygen atoms in total. The summed E-state index contributed by atoms with van der Waals surface area (Å²) >= 11 is 0. The molecule has 1 rings (SSSR count). The Bertz CT molecular complexity index is 146. The molecule has 0 aromatic carbocycles. The number of hydrogen-bond donors (Lipinski definition) is 3. The van der Waals surface area contributed by atoms with Crippen LogP contribution in [0.25, 0.3) is 0 Å². The Morgan fingerprint density at radius 1 is 1.73 bits per heavy atom. The van der Waals surface area contributed by atoms with Crippen LogP contribution in [0.5, 0.6) is 0 Å². The highest BCUT2D eigenvalue weighted by Gasteiger charge is 2.28. The molecule has 1 amide bonds. The van der Waals surface area contributed by atoms with Crippen LogP contribution in [0.2, 0.25) is 0 Å². The van der Waals surface area contributed by atoms with Crippen molar-refractivity contribution in [2.75, 3.05) is 6.54 Å². The first-order chi connectivity index (χ1) is 4.74. The molecule has 0 aromatic heterocycles. The van der Waals surface area contributed by atoms with E-state index in [9.17, 15) is 9.18 Å². The Balaban J connectivity index is 0.000001000. The van der Waals surface area contributed by atoms with Crippen molar-refractivity contribution in [1.82, 2.24) is 10.7 Å². The van der Waals surface area contributed by atoms with Crippen LogP contribution in [0.4, 0.5) is 4.39 Å². The zero-order valence-corrected chi connectivity index (χ0v) is 6.66. The molecule has 0 unspecified atom stereocenters. The average Bonchev–Trinajstić information content (AvgIpc) is 2.34. The van der Waals surface area contributed by atoms with Crippen molar-refractivity contribution in [2.24, 2.45) is 5.84 Å². The Hall–Kier alpha value is -0.390. The summed E-state index contributed by atoms with van der Waals surface area (Å²) in [7, 11) is 0. The van der Waals surface area contributed by atoms with Crippen molar-refractivity contribution in [1.29, 1.82) is 0 Å². The SMILES string of the molecule is Cl.NNC(=O)[C@H]1C[C@H](F)CN1. The third kappa shape index (κ3) is 2.61. The lowest BCUT2D eigenvalue weighted by Gasteiger charge is -2.05. The Morgan fingerprint density at radius 3 is 2.73 bits per heavy atom. The number of hydrogen-bond acceptors (Lipinski definition) is 3. The highest BCUT2D eigenvalue weighted by Crippen LogP contribution is 2.08. The van der Waals surface area contributed by atoms with E-state index in [0.29, 0.717) is 0 Å². The topological polar surface area (TPSA) is 67.1 Å². The predicted octanol–water partition coefficient (Wildman–Crippen LogP) is -0.902. The zero-order chi connectivity index (χ0) is 7.56. The summed E-state index contributed by atoms with van der Waals surface area (Å²) in [4.78, 5) is 10.7. The van der Waals surface area contributed by atoms with Gasteiger partial charge in [0.15, 0.2) is 0 Å². The number of nitrogens with one attached hydrogen (secondary N) is 2. The van der Waals surface area contributed by atoms with Gasteiger partial charge in [0.25, 0.3) is 5.91 Å². The summed E-state index contributed by atoms with van der Waals surface area (Å²) in [6, 6.07) is -0.444. The molecule has 11 heavy (non-hydrogen) atoms. The number of carbonyl (C=O) groups is 1. The van der Waals surface area contributed by atoms with Gasteiger partial charge >= 0.3 is 0 Å². The van der Waals surface area contributed by atoms with Crippen LogP contribution >= 0.6 is 12.4 Å². The van der Waals surface area contributed by atoms with Crippen molar-refractivity contribution >= 4 is 18.3 Å². The number of rotatable bonds is 1. The number of hydrazine groups is 1. The maximum absolute atomic E-state index is 12.4. The Kier molecular flexibility index (Phi) is 4.32. The molecule has 6 heteroatoms. The molecule has 1 saturated heterocycles. The van der Waals surface area contributed by atoms with E-state index >= 15 is 0 Å². The van der Waals surface area contributed by atoms with E-state index in [1.54, 1.807) is 0 Å². The zero-order valence-electron chi connectivity index (χ0n) is 5.84. The lowest BCUT2D eigenvalue weighted by Crippen LogP contribution is -2.43. The largest absolute Gasteiger partial charge is 0.303 e.